The fraction of sp³-hybridized carbons (Fsp3) is 0.259. The molecule has 1 atom stereocenters. The van der Waals surface area contributed by atoms with E-state index in [0.29, 0.717) is 27.8 Å². The van der Waals surface area contributed by atoms with Crippen LogP contribution in [-0.4, -0.2) is 35.6 Å². The van der Waals surface area contributed by atoms with Gasteiger partial charge in [0.25, 0.3) is 0 Å². The number of likely N-dealkylation sites (N-methyl/N-ethyl adjacent to an activating group) is 1. The Kier molecular flexibility index (Phi) is 9.87. The van der Waals surface area contributed by atoms with Gasteiger partial charge in [0.1, 0.15) is 6.04 Å². The number of halogens is 2. The molecule has 0 saturated heterocycles. The Morgan fingerprint density at radius 2 is 1.59 bits per heavy atom. The number of hydrogen-bond acceptors (Lipinski definition) is 3. The number of thioether (sulfide) groups is 1. The highest BCUT2D eigenvalue weighted by Gasteiger charge is 2.30. The number of nitrogens with one attached hydrogen (secondary N) is 1. The van der Waals surface area contributed by atoms with Crippen molar-refractivity contribution in [2.75, 3.05) is 12.8 Å². The van der Waals surface area contributed by atoms with Gasteiger partial charge in [0, 0.05) is 41.4 Å². The van der Waals surface area contributed by atoms with Crippen LogP contribution in [0.15, 0.2) is 72.8 Å². The molecule has 1 N–H and O–H groups in total. The number of nitrogens with zero attached hydrogens (tertiary/aromatic N) is 1. The SMILES string of the molecule is CNC(=O)[C@@H](Cc1ccccc1)N(Cc1c(Cl)cccc1Cl)C(=O)CSCc1ccccc1C. The van der Waals surface area contributed by atoms with E-state index < -0.39 is 6.04 Å². The highest BCUT2D eigenvalue weighted by atomic mass is 35.5. The molecule has 0 saturated carbocycles. The van der Waals surface area contributed by atoms with Crippen LogP contribution in [0.1, 0.15) is 22.3 Å². The summed E-state index contributed by atoms with van der Waals surface area (Å²) in [6, 6.07) is 22.3. The summed E-state index contributed by atoms with van der Waals surface area (Å²) in [6.07, 6.45) is 0.386. The molecule has 3 aromatic carbocycles. The van der Waals surface area contributed by atoms with Gasteiger partial charge in [-0.1, -0.05) is 83.9 Å². The van der Waals surface area contributed by atoms with E-state index in [-0.39, 0.29) is 24.1 Å². The normalized spacial score (nSPS) is 11.6. The summed E-state index contributed by atoms with van der Waals surface area (Å²) in [7, 11) is 1.58. The average molecular weight is 516 g/mol. The van der Waals surface area contributed by atoms with Gasteiger partial charge in [-0.05, 0) is 35.7 Å². The van der Waals surface area contributed by atoms with E-state index in [1.54, 1.807) is 30.1 Å². The lowest BCUT2D eigenvalue weighted by Crippen LogP contribution is -2.50. The van der Waals surface area contributed by atoms with E-state index in [4.69, 9.17) is 23.2 Å². The van der Waals surface area contributed by atoms with Crippen LogP contribution >= 0.6 is 35.0 Å². The molecule has 0 spiro atoms. The third kappa shape index (κ3) is 7.02. The second-order valence-electron chi connectivity index (χ2n) is 7.96. The molecule has 7 heteroatoms. The molecule has 0 bridgehead atoms. The Hall–Kier alpha value is -2.47. The molecular weight excluding hydrogens is 487 g/mol. The van der Waals surface area contributed by atoms with Crippen molar-refractivity contribution in [1.29, 1.82) is 0 Å². The monoisotopic (exact) mass is 514 g/mol. The molecule has 34 heavy (non-hydrogen) atoms. The predicted molar refractivity (Wildman–Crippen MR) is 142 cm³/mol. The molecule has 0 heterocycles. The number of benzene rings is 3. The molecule has 0 aromatic heterocycles. The third-order valence-corrected chi connectivity index (χ3v) is 7.33. The van der Waals surface area contributed by atoms with E-state index >= 15 is 0 Å². The molecule has 0 aliphatic carbocycles. The molecule has 0 unspecified atom stereocenters. The van der Waals surface area contributed by atoms with Crippen LogP contribution in [0.4, 0.5) is 0 Å². The Morgan fingerprint density at radius 1 is 0.941 bits per heavy atom. The number of aryl methyl sites for hydroxylation is 1. The highest BCUT2D eigenvalue weighted by molar-refractivity contribution is 7.99. The van der Waals surface area contributed by atoms with Crippen molar-refractivity contribution in [3.05, 3.63) is 105 Å². The van der Waals surface area contributed by atoms with Crippen molar-refractivity contribution in [2.45, 2.75) is 31.7 Å². The van der Waals surface area contributed by atoms with Crippen molar-refractivity contribution >= 4 is 46.8 Å². The first kappa shape index (κ1) is 26.1. The van der Waals surface area contributed by atoms with E-state index in [9.17, 15) is 9.59 Å². The lowest BCUT2D eigenvalue weighted by atomic mass is 10.0. The van der Waals surface area contributed by atoms with E-state index in [1.807, 2.05) is 42.5 Å². The van der Waals surface area contributed by atoms with Gasteiger partial charge in [-0.25, -0.2) is 0 Å². The first-order valence-corrected chi connectivity index (χ1v) is 12.9. The molecule has 3 rings (SSSR count). The fourth-order valence-electron chi connectivity index (χ4n) is 3.68. The maximum Gasteiger partial charge on any atom is 0.242 e. The van der Waals surface area contributed by atoms with Gasteiger partial charge in [0.05, 0.1) is 5.75 Å². The second-order valence-corrected chi connectivity index (χ2v) is 9.76. The van der Waals surface area contributed by atoms with Crippen LogP contribution in [0, 0.1) is 6.92 Å². The van der Waals surface area contributed by atoms with Crippen LogP contribution in [0.5, 0.6) is 0 Å². The molecule has 0 fully saturated rings. The van der Waals surface area contributed by atoms with Gasteiger partial charge in [0.15, 0.2) is 0 Å². The lowest BCUT2D eigenvalue weighted by Gasteiger charge is -2.31. The Balaban J connectivity index is 1.87. The molecule has 0 aliphatic rings. The number of carbonyl (C=O) groups excluding carboxylic acids is 2. The minimum atomic E-state index is -0.702. The summed E-state index contributed by atoms with van der Waals surface area (Å²) in [5.74, 6) is 0.574. The van der Waals surface area contributed by atoms with Crippen molar-refractivity contribution in [3.8, 4) is 0 Å². The van der Waals surface area contributed by atoms with Crippen LogP contribution in [-0.2, 0) is 28.3 Å². The lowest BCUT2D eigenvalue weighted by molar-refractivity contribution is -0.139. The first-order valence-electron chi connectivity index (χ1n) is 11.0. The fourth-order valence-corrected chi connectivity index (χ4v) is 5.18. The topological polar surface area (TPSA) is 49.4 Å². The van der Waals surface area contributed by atoms with Gasteiger partial charge in [-0.2, -0.15) is 0 Å². The first-order chi connectivity index (χ1) is 16.4. The second kappa shape index (κ2) is 12.8. The van der Waals surface area contributed by atoms with E-state index in [2.05, 4.69) is 24.4 Å². The quantitative estimate of drug-likeness (QED) is 0.365. The zero-order valence-corrected chi connectivity index (χ0v) is 21.6. The molecule has 2 amide bonds. The standard InChI is InChI=1S/C27H28Cl2N2O2S/c1-19-9-6-7-12-21(19)17-34-18-26(32)31(16-22-23(28)13-8-14-24(22)29)25(27(33)30-2)15-20-10-4-3-5-11-20/h3-14,25H,15-18H2,1-2H3,(H,30,33)/t25-/m1/s1. The van der Waals surface area contributed by atoms with Gasteiger partial charge < -0.3 is 10.2 Å². The maximum atomic E-state index is 13.5. The zero-order chi connectivity index (χ0) is 24.5. The van der Waals surface area contributed by atoms with Crippen molar-refractivity contribution in [2.24, 2.45) is 0 Å². The van der Waals surface area contributed by atoms with E-state index in [0.717, 1.165) is 5.56 Å². The van der Waals surface area contributed by atoms with Gasteiger partial charge in [-0.3, -0.25) is 9.59 Å². The average Bonchev–Trinajstić information content (AvgIpc) is 2.84. The predicted octanol–water partition coefficient (Wildman–Crippen LogP) is 5.92. The Bertz CT molecular complexity index is 1100. The summed E-state index contributed by atoms with van der Waals surface area (Å²) in [6.45, 7) is 2.21. The molecule has 3 aromatic rings. The Morgan fingerprint density at radius 3 is 2.24 bits per heavy atom. The van der Waals surface area contributed by atoms with Crippen LogP contribution in [0.2, 0.25) is 10.0 Å². The van der Waals surface area contributed by atoms with Crippen LogP contribution in [0.25, 0.3) is 0 Å². The zero-order valence-electron chi connectivity index (χ0n) is 19.3. The smallest absolute Gasteiger partial charge is 0.242 e. The molecule has 0 radical (unpaired) electrons. The Labute approximate surface area is 215 Å². The minimum Gasteiger partial charge on any atom is -0.357 e. The maximum absolute atomic E-state index is 13.5. The van der Waals surface area contributed by atoms with Gasteiger partial charge in [-0.15, -0.1) is 11.8 Å². The molecule has 4 nitrogen and oxygen atoms in total. The van der Waals surface area contributed by atoms with Crippen LogP contribution in [0.3, 0.4) is 0 Å². The molecular formula is C27H28Cl2N2O2S. The number of carbonyl (C=O) groups is 2. The van der Waals surface area contributed by atoms with E-state index in [1.165, 1.54) is 22.9 Å². The molecule has 0 aliphatic heterocycles. The summed E-state index contributed by atoms with van der Waals surface area (Å²) < 4.78 is 0. The number of rotatable bonds is 10. The number of amides is 2. The number of hydrogen-bond donors (Lipinski definition) is 1. The summed E-state index contributed by atoms with van der Waals surface area (Å²) in [5.41, 5.74) is 3.97. The minimum absolute atomic E-state index is 0.140. The summed E-state index contributed by atoms with van der Waals surface area (Å²) >= 11 is 14.4. The summed E-state index contributed by atoms with van der Waals surface area (Å²) in [4.78, 5) is 28.1. The highest BCUT2D eigenvalue weighted by Crippen LogP contribution is 2.28. The van der Waals surface area contributed by atoms with Crippen molar-refractivity contribution in [1.82, 2.24) is 10.2 Å². The van der Waals surface area contributed by atoms with Gasteiger partial charge in [0.2, 0.25) is 11.8 Å². The summed E-state index contributed by atoms with van der Waals surface area (Å²) in [5, 5.41) is 3.65. The molecule has 178 valence electrons. The van der Waals surface area contributed by atoms with Crippen molar-refractivity contribution < 1.29 is 9.59 Å². The van der Waals surface area contributed by atoms with Crippen LogP contribution < -0.4 is 5.32 Å². The largest absolute Gasteiger partial charge is 0.357 e. The third-order valence-electron chi connectivity index (χ3n) is 5.65. The van der Waals surface area contributed by atoms with Crippen molar-refractivity contribution in [3.63, 3.8) is 0 Å². The van der Waals surface area contributed by atoms with Gasteiger partial charge >= 0.3 is 0 Å².